The van der Waals surface area contributed by atoms with E-state index < -0.39 is 30.1 Å². The zero-order chi connectivity index (χ0) is 16.3. The molecule has 0 aromatic heterocycles. The Kier molecular flexibility index (Phi) is 5.49. The normalized spacial score (nSPS) is 12.6. The van der Waals surface area contributed by atoms with E-state index in [-0.39, 0.29) is 18.7 Å². The van der Waals surface area contributed by atoms with Crippen molar-refractivity contribution in [2.75, 3.05) is 18.0 Å². The molecule has 0 aliphatic heterocycles. The summed E-state index contributed by atoms with van der Waals surface area (Å²) >= 11 is 0. The molecular weight excluding hydrogens is 298 g/mol. The first-order chi connectivity index (χ1) is 9.58. The zero-order valence-corrected chi connectivity index (χ0v) is 11.4. The Balaban J connectivity index is 3.29. The number of anilines is 1. The molecule has 0 aliphatic rings. The molecule has 0 aliphatic carbocycles. The SMILES string of the molecule is CCCN(CC(F)(F)F)c1ccc(CN)cc1C(F)(F)F. The van der Waals surface area contributed by atoms with E-state index in [0.717, 1.165) is 12.1 Å². The molecule has 1 rings (SSSR count). The molecular formula is C13H16F6N2. The number of benzene rings is 1. The minimum Gasteiger partial charge on any atom is -0.362 e. The minimum atomic E-state index is -4.74. The van der Waals surface area contributed by atoms with Crippen molar-refractivity contribution in [3.05, 3.63) is 29.3 Å². The van der Waals surface area contributed by atoms with Crippen molar-refractivity contribution < 1.29 is 26.3 Å². The van der Waals surface area contributed by atoms with Crippen LogP contribution in [0.2, 0.25) is 0 Å². The van der Waals surface area contributed by atoms with Gasteiger partial charge in [-0.1, -0.05) is 13.0 Å². The van der Waals surface area contributed by atoms with Gasteiger partial charge in [0.05, 0.1) is 5.56 Å². The number of nitrogens with two attached hydrogens (primary N) is 1. The average Bonchev–Trinajstić information content (AvgIpc) is 2.35. The second kappa shape index (κ2) is 6.55. The fourth-order valence-electron chi connectivity index (χ4n) is 1.98. The maximum absolute atomic E-state index is 13.0. The summed E-state index contributed by atoms with van der Waals surface area (Å²) in [5.41, 5.74) is 3.94. The van der Waals surface area contributed by atoms with Crippen molar-refractivity contribution in [1.29, 1.82) is 0 Å². The summed E-state index contributed by atoms with van der Waals surface area (Å²) in [6.45, 7) is -0.0578. The lowest BCUT2D eigenvalue weighted by Crippen LogP contribution is -2.36. The van der Waals surface area contributed by atoms with Crippen molar-refractivity contribution in [3.8, 4) is 0 Å². The highest BCUT2D eigenvalue weighted by Gasteiger charge is 2.37. The summed E-state index contributed by atoms with van der Waals surface area (Å²) in [5, 5.41) is 0. The van der Waals surface area contributed by atoms with Gasteiger partial charge in [0.25, 0.3) is 0 Å². The molecule has 0 fully saturated rings. The molecule has 0 atom stereocenters. The molecule has 2 N–H and O–H groups in total. The second-order valence-electron chi connectivity index (χ2n) is 4.59. The number of hydrogen-bond donors (Lipinski definition) is 1. The van der Waals surface area contributed by atoms with Crippen LogP contribution < -0.4 is 10.6 Å². The predicted molar refractivity (Wildman–Crippen MR) is 67.9 cm³/mol. The summed E-state index contributed by atoms with van der Waals surface area (Å²) in [6.07, 6.45) is -9.02. The van der Waals surface area contributed by atoms with Crippen LogP contribution in [0.4, 0.5) is 32.0 Å². The summed E-state index contributed by atoms with van der Waals surface area (Å²) in [6, 6.07) is 3.16. The third kappa shape index (κ3) is 5.11. The molecule has 0 amide bonds. The van der Waals surface area contributed by atoms with Gasteiger partial charge in [-0.15, -0.1) is 0 Å². The second-order valence-corrected chi connectivity index (χ2v) is 4.59. The standard InChI is InChI=1S/C13H16F6N2/c1-2-5-21(8-12(14,15)16)11-4-3-9(7-20)6-10(11)13(17,18)19/h3-4,6H,2,5,7-8,20H2,1H3. The molecule has 2 nitrogen and oxygen atoms in total. The van der Waals surface area contributed by atoms with E-state index in [1.807, 2.05) is 0 Å². The molecule has 0 saturated heterocycles. The average molecular weight is 314 g/mol. The lowest BCUT2D eigenvalue weighted by molar-refractivity contribution is -0.138. The molecule has 0 unspecified atom stereocenters. The molecule has 0 saturated carbocycles. The fourth-order valence-corrected chi connectivity index (χ4v) is 1.98. The topological polar surface area (TPSA) is 29.3 Å². The van der Waals surface area contributed by atoms with E-state index in [9.17, 15) is 26.3 Å². The third-order valence-electron chi connectivity index (χ3n) is 2.81. The molecule has 0 radical (unpaired) electrons. The Labute approximate surface area is 118 Å². The van der Waals surface area contributed by atoms with Gasteiger partial charge >= 0.3 is 12.4 Å². The molecule has 1 aromatic carbocycles. The number of nitrogens with zero attached hydrogens (tertiary/aromatic N) is 1. The Morgan fingerprint density at radius 1 is 1.10 bits per heavy atom. The Bertz CT molecular complexity index is 467. The van der Waals surface area contributed by atoms with Crippen molar-refractivity contribution >= 4 is 5.69 Å². The highest BCUT2D eigenvalue weighted by Crippen LogP contribution is 2.38. The number of rotatable bonds is 5. The Morgan fingerprint density at radius 3 is 2.14 bits per heavy atom. The zero-order valence-electron chi connectivity index (χ0n) is 11.4. The molecule has 0 bridgehead atoms. The first-order valence-corrected chi connectivity index (χ1v) is 6.30. The van der Waals surface area contributed by atoms with Gasteiger partial charge in [-0.05, 0) is 24.1 Å². The summed E-state index contributed by atoms with van der Waals surface area (Å²) in [5.74, 6) is 0. The van der Waals surface area contributed by atoms with Gasteiger partial charge in [-0.25, -0.2) is 0 Å². The van der Waals surface area contributed by atoms with Gasteiger partial charge in [0.2, 0.25) is 0 Å². The van der Waals surface area contributed by atoms with Crippen LogP contribution in [0.3, 0.4) is 0 Å². The van der Waals surface area contributed by atoms with Crippen LogP contribution in [-0.2, 0) is 12.7 Å². The smallest absolute Gasteiger partial charge is 0.362 e. The van der Waals surface area contributed by atoms with E-state index in [0.29, 0.717) is 11.3 Å². The number of halogens is 6. The van der Waals surface area contributed by atoms with Crippen LogP contribution in [0.5, 0.6) is 0 Å². The largest absolute Gasteiger partial charge is 0.418 e. The maximum Gasteiger partial charge on any atom is 0.418 e. The molecule has 0 heterocycles. The highest BCUT2D eigenvalue weighted by atomic mass is 19.4. The van der Waals surface area contributed by atoms with Crippen LogP contribution in [-0.4, -0.2) is 19.3 Å². The van der Waals surface area contributed by atoms with Crippen molar-refractivity contribution in [3.63, 3.8) is 0 Å². The van der Waals surface area contributed by atoms with E-state index in [1.165, 1.54) is 6.07 Å². The van der Waals surface area contributed by atoms with Crippen LogP contribution in [0, 0.1) is 0 Å². The van der Waals surface area contributed by atoms with Gasteiger partial charge in [0.15, 0.2) is 0 Å². The monoisotopic (exact) mass is 314 g/mol. The van der Waals surface area contributed by atoms with E-state index in [1.54, 1.807) is 6.92 Å². The van der Waals surface area contributed by atoms with E-state index in [4.69, 9.17) is 5.73 Å². The quantitative estimate of drug-likeness (QED) is 0.834. The molecule has 8 heteroatoms. The van der Waals surface area contributed by atoms with Crippen molar-refractivity contribution in [1.82, 2.24) is 0 Å². The van der Waals surface area contributed by atoms with Crippen LogP contribution in [0.25, 0.3) is 0 Å². The van der Waals surface area contributed by atoms with Crippen molar-refractivity contribution in [2.45, 2.75) is 32.2 Å². The summed E-state index contributed by atoms with van der Waals surface area (Å²) in [4.78, 5) is 0.698. The first kappa shape index (κ1) is 17.6. The van der Waals surface area contributed by atoms with Crippen LogP contribution >= 0.6 is 0 Å². The lowest BCUT2D eigenvalue weighted by Gasteiger charge is -2.28. The first-order valence-electron chi connectivity index (χ1n) is 6.30. The molecule has 21 heavy (non-hydrogen) atoms. The third-order valence-corrected chi connectivity index (χ3v) is 2.81. The fraction of sp³-hybridized carbons (Fsp3) is 0.538. The minimum absolute atomic E-state index is 0.115. The van der Waals surface area contributed by atoms with E-state index in [2.05, 4.69) is 0 Å². The van der Waals surface area contributed by atoms with Crippen LogP contribution in [0.15, 0.2) is 18.2 Å². The van der Waals surface area contributed by atoms with E-state index >= 15 is 0 Å². The predicted octanol–water partition coefficient (Wildman–Crippen LogP) is 3.94. The number of alkyl halides is 6. The Morgan fingerprint density at radius 2 is 1.71 bits per heavy atom. The van der Waals surface area contributed by atoms with Gasteiger partial charge in [-0.3, -0.25) is 0 Å². The number of hydrogen-bond acceptors (Lipinski definition) is 2. The Hall–Kier alpha value is -1.44. The lowest BCUT2D eigenvalue weighted by atomic mass is 10.1. The molecule has 1 aromatic rings. The molecule has 0 spiro atoms. The van der Waals surface area contributed by atoms with Crippen molar-refractivity contribution in [2.24, 2.45) is 5.73 Å². The van der Waals surface area contributed by atoms with Gasteiger partial charge < -0.3 is 10.6 Å². The molecule has 120 valence electrons. The van der Waals surface area contributed by atoms with Gasteiger partial charge in [0.1, 0.15) is 6.54 Å². The summed E-state index contributed by atoms with van der Waals surface area (Å²) in [7, 11) is 0. The van der Waals surface area contributed by atoms with Gasteiger partial charge in [-0.2, -0.15) is 26.3 Å². The van der Waals surface area contributed by atoms with Crippen LogP contribution in [0.1, 0.15) is 24.5 Å². The summed E-state index contributed by atoms with van der Waals surface area (Å²) < 4.78 is 76.8. The maximum atomic E-state index is 13.0. The highest BCUT2D eigenvalue weighted by molar-refractivity contribution is 5.56. The van der Waals surface area contributed by atoms with Gasteiger partial charge in [0, 0.05) is 18.8 Å².